The average molecular weight is 469 g/mol. The van der Waals surface area contributed by atoms with Crippen molar-refractivity contribution in [3.63, 3.8) is 0 Å². The van der Waals surface area contributed by atoms with Crippen molar-refractivity contribution < 1.29 is 12.4 Å². The minimum absolute atomic E-state index is 0.0653. The van der Waals surface area contributed by atoms with Crippen molar-refractivity contribution in [2.75, 3.05) is 6.66 Å². The second-order valence-electron chi connectivity index (χ2n) is 7.45. The third-order valence-corrected chi connectivity index (χ3v) is 13.5. The van der Waals surface area contributed by atoms with Gasteiger partial charge in [0.15, 0.2) is 0 Å². The number of benzene rings is 4. The Hall–Kier alpha value is -2.49. The molecule has 4 rings (SSSR count). The van der Waals surface area contributed by atoms with E-state index in [4.69, 9.17) is 15.6 Å². The molecule has 0 N–H and O–H groups in total. The molecule has 0 atom stereocenters. The summed E-state index contributed by atoms with van der Waals surface area (Å²) in [7, 11) is -4.14. The van der Waals surface area contributed by atoms with Crippen LogP contribution >= 0.6 is 18.4 Å². The van der Waals surface area contributed by atoms with Crippen molar-refractivity contribution >= 4 is 44.5 Å². The van der Waals surface area contributed by atoms with Crippen molar-refractivity contribution in [3.05, 3.63) is 120 Å². The van der Waals surface area contributed by atoms with Crippen LogP contribution in [0.2, 0.25) is 5.02 Å². The van der Waals surface area contributed by atoms with Gasteiger partial charge in [0.2, 0.25) is 0 Å². The molecule has 0 amide bonds. The zero-order valence-electron chi connectivity index (χ0n) is 16.9. The maximum absolute atomic E-state index is 13.7. The van der Waals surface area contributed by atoms with E-state index in [0.717, 1.165) is 15.9 Å². The second kappa shape index (κ2) is 8.22. The fourth-order valence-electron chi connectivity index (χ4n) is 3.83. The summed E-state index contributed by atoms with van der Waals surface area (Å²) in [6.45, 7) is -1.95. The van der Waals surface area contributed by atoms with Crippen LogP contribution in [-0.4, -0.2) is 15.1 Å². The van der Waals surface area contributed by atoms with Crippen molar-refractivity contribution in [1.82, 2.24) is 0 Å². The summed E-state index contributed by atoms with van der Waals surface area (Å²) < 4.78 is 33.8. The Morgan fingerprint density at radius 2 is 0.968 bits per heavy atom. The van der Waals surface area contributed by atoms with Gasteiger partial charge in [-0.2, -0.15) is 0 Å². The third kappa shape index (κ3) is 3.81. The molecule has 0 unspecified atom stereocenters. The molecular weight excluding hydrogens is 447 g/mol. The van der Waals surface area contributed by atoms with Gasteiger partial charge in [0.1, 0.15) is 0 Å². The predicted molar refractivity (Wildman–Crippen MR) is 131 cm³/mol. The van der Waals surface area contributed by atoms with Crippen LogP contribution in [0.1, 0.15) is 0 Å². The van der Waals surface area contributed by atoms with E-state index in [2.05, 4.69) is 0 Å². The van der Waals surface area contributed by atoms with E-state index in [1.54, 1.807) is 12.1 Å². The molecule has 6 heteroatoms. The topological polar surface area (TPSA) is 43.4 Å². The van der Waals surface area contributed by atoms with E-state index in [-0.39, 0.29) is 4.90 Å². The first-order valence-electron chi connectivity index (χ1n) is 9.75. The van der Waals surface area contributed by atoms with Gasteiger partial charge in [-0.3, -0.25) is 0 Å². The van der Waals surface area contributed by atoms with E-state index in [0.29, 0.717) is 5.02 Å². The van der Waals surface area contributed by atoms with E-state index >= 15 is 0 Å². The van der Waals surface area contributed by atoms with Gasteiger partial charge in [-0.15, -0.1) is 0 Å². The Bertz CT molecular complexity index is 1180. The van der Waals surface area contributed by atoms with E-state index in [9.17, 15) is 8.42 Å². The first-order valence-corrected chi connectivity index (χ1v) is 14.1. The van der Waals surface area contributed by atoms with E-state index in [1.165, 1.54) is 12.1 Å². The summed E-state index contributed by atoms with van der Waals surface area (Å²) in [5, 5.41) is 2.93. The Balaban J connectivity index is 2.07. The Kier molecular flexibility index (Phi) is 5.76. The molecule has 0 aliphatic rings. The molecule has 0 fully saturated rings. The quantitative estimate of drug-likeness (QED) is 0.369. The van der Waals surface area contributed by atoms with Gasteiger partial charge in [0, 0.05) is 0 Å². The second-order valence-corrected chi connectivity index (χ2v) is 14.3. The minimum atomic E-state index is -4.14. The van der Waals surface area contributed by atoms with Gasteiger partial charge in [0.25, 0.3) is 0 Å². The first-order chi connectivity index (χ1) is 14.8. The van der Waals surface area contributed by atoms with Crippen LogP contribution in [0.25, 0.3) is 0 Å². The molecule has 3 nitrogen and oxygen atoms in total. The predicted octanol–water partition coefficient (Wildman–Crippen LogP) is 5.12. The molecule has 0 aliphatic heterocycles. The Morgan fingerprint density at radius 3 is 1.32 bits per heavy atom. The standard InChI is InChI=1S/C25H22ClO3PS/c1-30(22-11-5-2-6-12-22,23-13-7-3-8-14-23,24-15-9-4-10-16-24)29-31(27,28)25-19-17-21(26)18-20-25/h2-20H,1H3. The van der Waals surface area contributed by atoms with Crippen LogP contribution in [0.3, 0.4) is 0 Å². The number of halogens is 1. The number of hydrogen-bond acceptors (Lipinski definition) is 3. The molecule has 4 aromatic rings. The fraction of sp³-hybridized carbons (Fsp3) is 0.0400. The van der Waals surface area contributed by atoms with Crippen molar-refractivity contribution in [3.8, 4) is 0 Å². The van der Waals surface area contributed by atoms with Gasteiger partial charge in [-0.05, 0) is 0 Å². The van der Waals surface area contributed by atoms with Gasteiger partial charge in [-0.1, -0.05) is 0 Å². The number of hydrogen-bond donors (Lipinski definition) is 0. The number of rotatable bonds is 6. The van der Waals surface area contributed by atoms with Gasteiger partial charge < -0.3 is 0 Å². The summed E-state index contributed by atoms with van der Waals surface area (Å²) in [6.07, 6.45) is 0. The van der Waals surface area contributed by atoms with E-state index in [1.807, 2.05) is 97.7 Å². The van der Waals surface area contributed by atoms with Crippen LogP contribution in [0, 0.1) is 0 Å². The van der Waals surface area contributed by atoms with Crippen LogP contribution in [0.4, 0.5) is 0 Å². The van der Waals surface area contributed by atoms with E-state index < -0.39 is 16.9 Å². The molecule has 0 saturated heterocycles. The Labute approximate surface area is 188 Å². The summed E-state index contributed by atoms with van der Waals surface area (Å²) in [5.74, 6) is 0. The maximum atomic E-state index is 13.7. The SMILES string of the molecule is CP(OS(=O)(=O)c1ccc(Cl)cc1)(c1ccccc1)(c1ccccc1)c1ccccc1. The Morgan fingerprint density at radius 1 is 0.613 bits per heavy atom. The average Bonchev–Trinajstić information content (AvgIpc) is 2.81. The fourth-order valence-corrected chi connectivity index (χ4v) is 11.3. The van der Waals surface area contributed by atoms with Gasteiger partial charge in [0.05, 0.1) is 0 Å². The molecule has 0 heterocycles. The molecule has 31 heavy (non-hydrogen) atoms. The van der Waals surface area contributed by atoms with Gasteiger partial charge >= 0.3 is 189 Å². The van der Waals surface area contributed by atoms with Crippen LogP contribution < -0.4 is 15.9 Å². The molecule has 0 spiro atoms. The molecule has 0 aromatic heterocycles. The van der Waals surface area contributed by atoms with Crippen LogP contribution in [0.15, 0.2) is 120 Å². The monoisotopic (exact) mass is 468 g/mol. The zero-order valence-corrected chi connectivity index (χ0v) is 19.4. The third-order valence-electron chi connectivity index (χ3n) is 5.52. The molecule has 0 bridgehead atoms. The summed E-state index contributed by atoms with van der Waals surface area (Å²) in [6, 6.07) is 34.9. The van der Waals surface area contributed by atoms with Gasteiger partial charge in [-0.25, -0.2) is 0 Å². The first kappa shape index (κ1) is 21.7. The molecule has 0 saturated carbocycles. The summed E-state index contributed by atoms with van der Waals surface area (Å²) in [4.78, 5) is 0.0653. The van der Waals surface area contributed by atoms with Crippen LogP contribution in [-0.2, 0) is 14.1 Å². The zero-order chi connectivity index (χ0) is 22.0. The molecule has 0 aliphatic carbocycles. The molecule has 158 valence electrons. The van der Waals surface area contributed by atoms with Crippen molar-refractivity contribution in [1.29, 1.82) is 0 Å². The molecule has 4 aromatic carbocycles. The summed E-state index contributed by atoms with van der Waals surface area (Å²) in [5.41, 5.74) is 0. The van der Waals surface area contributed by atoms with Crippen LogP contribution in [0.5, 0.6) is 0 Å². The molecular formula is C25H22ClO3PS. The van der Waals surface area contributed by atoms with Crippen molar-refractivity contribution in [2.45, 2.75) is 4.90 Å². The normalized spacial score (nSPS) is 13.3. The molecule has 0 radical (unpaired) electrons. The summed E-state index contributed by atoms with van der Waals surface area (Å²) >= 11 is 5.98. The van der Waals surface area contributed by atoms with Crippen molar-refractivity contribution in [2.24, 2.45) is 0 Å².